The number of esters is 1. The number of benzene rings is 2. The fourth-order valence-electron chi connectivity index (χ4n) is 3.58. The number of amidine groups is 1. The number of allylic oxidation sites excluding steroid dienone is 1. The molecule has 1 unspecified atom stereocenters. The first-order chi connectivity index (χ1) is 15.5. The maximum atomic E-state index is 12.9. The lowest BCUT2D eigenvalue weighted by molar-refractivity contribution is -0.138. The van der Waals surface area contributed by atoms with Crippen LogP contribution in [-0.4, -0.2) is 33.8 Å². The average Bonchev–Trinajstić information content (AvgIpc) is 3.25. The van der Waals surface area contributed by atoms with Crippen LogP contribution < -0.4 is 5.32 Å². The number of thioether (sulfide) groups is 1. The van der Waals surface area contributed by atoms with Gasteiger partial charge in [0.1, 0.15) is 6.04 Å². The van der Waals surface area contributed by atoms with Crippen molar-refractivity contribution in [3.63, 3.8) is 0 Å². The zero-order valence-corrected chi connectivity index (χ0v) is 19.6. The van der Waals surface area contributed by atoms with Crippen molar-refractivity contribution in [2.45, 2.75) is 19.9 Å². The minimum absolute atomic E-state index is 0.286. The van der Waals surface area contributed by atoms with Gasteiger partial charge in [-0.3, -0.25) is 0 Å². The molecule has 1 atom stereocenters. The number of hydrogen-bond donors (Lipinski definition) is 1. The summed E-state index contributed by atoms with van der Waals surface area (Å²) < 4.78 is 7.18. The summed E-state index contributed by atoms with van der Waals surface area (Å²) in [6, 6.07) is 16.8. The van der Waals surface area contributed by atoms with E-state index in [2.05, 4.69) is 5.32 Å². The van der Waals surface area contributed by atoms with Crippen molar-refractivity contribution >= 4 is 34.5 Å². The molecule has 0 spiro atoms. The third kappa shape index (κ3) is 4.45. The van der Waals surface area contributed by atoms with E-state index in [-0.39, 0.29) is 12.6 Å². The second kappa shape index (κ2) is 9.63. The van der Waals surface area contributed by atoms with E-state index in [1.165, 1.54) is 11.8 Å². The molecule has 0 amide bonds. The SMILES string of the molecule is CCOC(=O)C1=C(C)NC(SC)=NC1c1cn(-c2ccccc2)nc1-c1ccc(Cl)cc1. The highest BCUT2D eigenvalue weighted by Gasteiger charge is 2.33. The topological polar surface area (TPSA) is 68.5 Å². The van der Waals surface area contributed by atoms with Crippen molar-refractivity contribution in [2.75, 3.05) is 12.9 Å². The molecule has 1 aliphatic rings. The van der Waals surface area contributed by atoms with Crippen LogP contribution in [0.5, 0.6) is 0 Å². The van der Waals surface area contributed by atoms with Gasteiger partial charge in [0, 0.05) is 28.0 Å². The number of hydrogen-bond acceptors (Lipinski definition) is 6. The molecule has 0 fully saturated rings. The maximum Gasteiger partial charge on any atom is 0.338 e. The molecule has 1 N–H and O–H groups in total. The van der Waals surface area contributed by atoms with Gasteiger partial charge in [0.25, 0.3) is 0 Å². The molecule has 1 aromatic heterocycles. The van der Waals surface area contributed by atoms with Gasteiger partial charge in [-0.25, -0.2) is 14.5 Å². The van der Waals surface area contributed by atoms with Gasteiger partial charge in [-0.05, 0) is 44.4 Å². The number of para-hydroxylation sites is 1. The highest BCUT2D eigenvalue weighted by atomic mass is 35.5. The summed E-state index contributed by atoms with van der Waals surface area (Å²) >= 11 is 7.61. The monoisotopic (exact) mass is 466 g/mol. The Kier molecular flexibility index (Phi) is 6.67. The fraction of sp³-hybridized carbons (Fsp3) is 0.208. The minimum Gasteiger partial charge on any atom is -0.463 e. The molecule has 8 heteroatoms. The molecule has 3 aromatic rings. The summed E-state index contributed by atoms with van der Waals surface area (Å²) in [5.74, 6) is -0.388. The van der Waals surface area contributed by atoms with Gasteiger partial charge in [0.2, 0.25) is 0 Å². The Hall–Kier alpha value is -3.03. The third-order valence-electron chi connectivity index (χ3n) is 5.08. The number of aromatic nitrogens is 2. The number of carbonyl (C=O) groups is 1. The largest absolute Gasteiger partial charge is 0.463 e. The number of ether oxygens (including phenoxy) is 1. The van der Waals surface area contributed by atoms with Crippen LogP contribution in [0.25, 0.3) is 16.9 Å². The van der Waals surface area contributed by atoms with E-state index in [9.17, 15) is 4.79 Å². The first-order valence-corrected chi connectivity index (χ1v) is 11.8. The summed E-state index contributed by atoms with van der Waals surface area (Å²) in [7, 11) is 0. The minimum atomic E-state index is -0.555. The third-order valence-corrected chi connectivity index (χ3v) is 5.93. The summed E-state index contributed by atoms with van der Waals surface area (Å²) in [5.41, 5.74) is 4.55. The quantitative estimate of drug-likeness (QED) is 0.510. The summed E-state index contributed by atoms with van der Waals surface area (Å²) in [5, 5.41) is 9.46. The van der Waals surface area contributed by atoms with Gasteiger partial charge < -0.3 is 10.1 Å². The van der Waals surface area contributed by atoms with Crippen molar-refractivity contribution in [2.24, 2.45) is 4.99 Å². The zero-order chi connectivity index (χ0) is 22.7. The Bertz CT molecular complexity index is 1190. The van der Waals surface area contributed by atoms with E-state index in [1.807, 2.05) is 78.7 Å². The van der Waals surface area contributed by atoms with E-state index in [1.54, 1.807) is 6.92 Å². The van der Waals surface area contributed by atoms with E-state index < -0.39 is 6.04 Å². The number of halogens is 1. The molecule has 0 bridgehead atoms. The summed E-state index contributed by atoms with van der Waals surface area (Å²) in [4.78, 5) is 17.8. The molecular weight excluding hydrogens is 444 g/mol. The van der Waals surface area contributed by atoms with Gasteiger partial charge in [0.15, 0.2) is 5.17 Å². The number of aliphatic imine (C=N–C) groups is 1. The Labute approximate surface area is 196 Å². The Morgan fingerprint density at radius 3 is 2.56 bits per heavy atom. The van der Waals surface area contributed by atoms with Crippen LogP contribution in [0.3, 0.4) is 0 Å². The normalized spacial score (nSPS) is 15.9. The number of nitrogens with one attached hydrogen (secondary N) is 1. The zero-order valence-electron chi connectivity index (χ0n) is 18.0. The molecule has 6 nitrogen and oxygen atoms in total. The van der Waals surface area contributed by atoms with Crippen LogP contribution in [0.4, 0.5) is 0 Å². The second-order valence-corrected chi connectivity index (χ2v) is 8.38. The number of nitrogens with zero attached hydrogens (tertiary/aromatic N) is 3. The fourth-order valence-corrected chi connectivity index (χ4v) is 4.17. The van der Waals surface area contributed by atoms with Crippen molar-refractivity contribution in [3.8, 4) is 16.9 Å². The first-order valence-electron chi connectivity index (χ1n) is 10.2. The smallest absolute Gasteiger partial charge is 0.338 e. The van der Waals surface area contributed by atoms with Crippen LogP contribution in [-0.2, 0) is 9.53 Å². The van der Waals surface area contributed by atoms with Crippen LogP contribution in [0.15, 0.2) is 77.1 Å². The van der Waals surface area contributed by atoms with Crippen molar-refractivity contribution in [1.82, 2.24) is 15.1 Å². The highest BCUT2D eigenvalue weighted by molar-refractivity contribution is 8.13. The number of carbonyl (C=O) groups excluding carboxylic acids is 1. The van der Waals surface area contributed by atoms with Crippen LogP contribution >= 0.6 is 23.4 Å². The van der Waals surface area contributed by atoms with Crippen molar-refractivity contribution in [1.29, 1.82) is 0 Å². The van der Waals surface area contributed by atoms with Crippen LogP contribution in [0.2, 0.25) is 5.02 Å². The molecule has 0 saturated carbocycles. The predicted octanol–water partition coefficient (Wildman–Crippen LogP) is 5.39. The molecule has 164 valence electrons. The Morgan fingerprint density at radius 1 is 1.19 bits per heavy atom. The average molecular weight is 467 g/mol. The molecule has 2 aromatic carbocycles. The van der Waals surface area contributed by atoms with Gasteiger partial charge in [0.05, 0.1) is 23.6 Å². The molecule has 2 heterocycles. The van der Waals surface area contributed by atoms with E-state index in [0.29, 0.717) is 10.6 Å². The summed E-state index contributed by atoms with van der Waals surface area (Å²) in [6.07, 6.45) is 3.88. The maximum absolute atomic E-state index is 12.9. The van der Waals surface area contributed by atoms with Crippen LogP contribution in [0, 0.1) is 0 Å². The Balaban J connectivity index is 1.92. The van der Waals surface area contributed by atoms with Crippen molar-refractivity contribution < 1.29 is 9.53 Å². The van der Waals surface area contributed by atoms with E-state index in [4.69, 9.17) is 26.4 Å². The van der Waals surface area contributed by atoms with E-state index in [0.717, 1.165) is 33.4 Å². The van der Waals surface area contributed by atoms with Gasteiger partial charge in [-0.15, -0.1) is 0 Å². The Morgan fingerprint density at radius 2 is 1.91 bits per heavy atom. The second-order valence-electron chi connectivity index (χ2n) is 7.15. The molecule has 0 saturated heterocycles. The molecular formula is C24H23ClN4O2S. The van der Waals surface area contributed by atoms with Crippen LogP contribution in [0.1, 0.15) is 25.5 Å². The van der Waals surface area contributed by atoms with Gasteiger partial charge in [-0.1, -0.05) is 53.7 Å². The van der Waals surface area contributed by atoms with E-state index >= 15 is 0 Å². The lowest BCUT2D eigenvalue weighted by Gasteiger charge is -2.25. The standard InChI is InChI=1S/C24H23ClN4O2S/c1-4-31-23(30)20-15(2)26-24(32-3)27-22(20)19-14-29(18-8-6-5-7-9-18)28-21(19)16-10-12-17(25)13-11-16/h5-14,22H,4H2,1-3H3,(H,26,27). The van der Waals surface area contributed by atoms with Gasteiger partial charge in [-0.2, -0.15) is 5.10 Å². The first kappa shape index (κ1) is 22.2. The lowest BCUT2D eigenvalue weighted by Crippen LogP contribution is -2.30. The number of rotatable bonds is 5. The predicted molar refractivity (Wildman–Crippen MR) is 130 cm³/mol. The molecule has 1 aliphatic heterocycles. The molecule has 0 radical (unpaired) electrons. The summed E-state index contributed by atoms with van der Waals surface area (Å²) in [6.45, 7) is 3.95. The molecule has 32 heavy (non-hydrogen) atoms. The highest BCUT2D eigenvalue weighted by Crippen LogP contribution is 2.38. The molecule has 0 aliphatic carbocycles. The van der Waals surface area contributed by atoms with Gasteiger partial charge >= 0.3 is 5.97 Å². The lowest BCUT2D eigenvalue weighted by atomic mass is 9.94. The van der Waals surface area contributed by atoms with Crippen molar-refractivity contribution in [3.05, 3.63) is 82.7 Å². The molecule has 4 rings (SSSR count).